The quantitative estimate of drug-likeness (QED) is 0.692. The minimum atomic E-state index is -0.991. The number of para-hydroxylation sites is 1. The van der Waals surface area contributed by atoms with Crippen LogP contribution in [0.5, 0.6) is 5.75 Å². The molecule has 8 heteroatoms. The Morgan fingerprint density at radius 1 is 1.00 bits per heavy atom. The molecule has 0 saturated heterocycles. The molecule has 0 saturated carbocycles. The lowest BCUT2D eigenvalue weighted by atomic mass is 9.94. The number of amides is 3. The van der Waals surface area contributed by atoms with Gasteiger partial charge in [-0.25, -0.2) is 0 Å². The first-order valence-electron chi connectivity index (χ1n) is 9.25. The Morgan fingerprint density at radius 2 is 1.67 bits per heavy atom. The lowest BCUT2D eigenvalue weighted by Gasteiger charge is -2.17. The van der Waals surface area contributed by atoms with Gasteiger partial charge in [-0.15, -0.1) is 0 Å². The van der Waals surface area contributed by atoms with Crippen molar-refractivity contribution in [1.29, 1.82) is 0 Å². The smallest absolute Gasteiger partial charge is 0.273 e. The SMILES string of the molecule is COc1ccc(CN2C(=O)C(Cl)=C(C3C(=O)N(c4ccccc4)N=C3C)C2=O)cc1. The van der Waals surface area contributed by atoms with Crippen molar-refractivity contribution < 1.29 is 19.1 Å². The van der Waals surface area contributed by atoms with E-state index in [-0.39, 0.29) is 17.2 Å². The van der Waals surface area contributed by atoms with E-state index in [1.165, 1.54) is 5.01 Å². The van der Waals surface area contributed by atoms with Crippen molar-refractivity contribution in [2.45, 2.75) is 13.5 Å². The molecule has 30 heavy (non-hydrogen) atoms. The first-order chi connectivity index (χ1) is 14.4. The van der Waals surface area contributed by atoms with Crippen molar-refractivity contribution in [3.8, 4) is 5.75 Å². The molecule has 2 aliphatic rings. The summed E-state index contributed by atoms with van der Waals surface area (Å²) in [6, 6.07) is 15.9. The Labute approximate surface area is 178 Å². The largest absolute Gasteiger partial charge is 0.497 e. The number of nitrogens with zero attached hydrogens (tertiary/aromatic N) is 3. The van der Waals surface area contributed by atoms with Gasteiger partial charge in [0.15, 0.2) is 0 Å². The Hall–Kier alpha value is -3.45. The Balaban J connectivity index is 1.60. The zero-order valence-corrected chi connectivity index (χ0v) is 17.1. The molecule has 0 spiro atoms. The second-order valence-electron chi connectivity index (χ2n) is 6.93. The van der Waals surface area contributed by atoms with Gasteiger partial charge < -0.3 is 4.74 Å². The van der Waals surface area contributed by atoms with E-state index in [1.807, 2.05) is 6.07 Å². The summed E-state index contributed by atoms with van der Waals surface area (Å²) >= 11 is 6.26. The number of methoxy groups -OCH3 is 1. The second-order valence-corrected chi connectivity index (χ2v) is 7.31. The van der Waals surface area contributed by atoms with Gasteiger partial charge in [0.05, 0.1) is 30.6 Å². The Morgan fingerprint density at radius 3 is 2.30 bits per heavy atom. The van der Waals surface area contributed by atoms with Crippen LogP contribution in [0.25, 0.3) is 0 Å². The molecule has 0 aliphatic carbocycles. The van der Waals surface area contributed by atoms with Crippen LogP contribution in [-0.2, 0) is 20.9 Å². The maximum atomic E-state index is 13.1. The standard InChI is InChI=1S/C22H18ClN3O4/c1-13-17(21(28)26(24-13)15-6-4-3-5-7-15)18-19(23)22(29)25(20(18)27)12-14-8-10-16(30-2)11-9-14/h3-11,17H,12H2,1-2H3. The molecule has 0 aromatic heterocycles. The van der Waals surface area contributed by atoms with Crippen molar-refractivity contribution in [2.75, 3.05) is 12.1 Å². The van der Waals surface area contributed by atoms with E-state index in [2.05, 4.69) is 5.10 Å². The molecular formula is C22H18ClN3O4. The van der Waals surface area contributed by atoms with Crippen molar-refractivity contribution in [3.63, 3.8) is 0 Å². The Kier molecular flexibility index (Phi) is 5.13. The van der Waals surface area contributed by atoms with E-state index in [0.29, 0.717) is 17.1 Å². The number of imide groups is 1. The highest BCUT2D eigenvalue weighted by Crippen LogP contribution is 2.36. The molecular weight excluding hydrogens is 406 g/mol. The number of hydrazone groups is 1. The number of ether oxygens (including phenoxy) is 1. The molecule has 1 unspecified atom stereocenters. The number of carbonyl (C=O) groups excluding carboxylic acids is 3. The minimum absolute atomic E-state index is 0.0279. The predicted molar refractivity (Wildman–Crippen MR) is 112 cm³/mol. The Bertz CT molecular complexity index is 1090. The highest BCUT2D eigenvalue weighted by atomic mass is 35.5. The fraction of sp³-hybridized carbons (Fsp3) is 0.182. The fourth-order valence-corrected chi connectivity index (χ4v) is 3.82. The van der Waals surface area contributed by atoms with Gasteiger partial charge in [0.25, 0.3) is 17.7 Å². The van der Waals surface area contributed by atoms with Crippen molar-refractivity contribution in [3.05, 3.63) is 70.8 Å². The van der Waals surface area contributed by atoms with E-state index in [0.717, 1.165) is 10.5 Å². The molecule has 0 bridgehead atoms. The van der Waals surface area contributed by atoms with Crippen LogP contribution in [0.1, 0.15) is 12.5 Å². The average molecular weight is 424 g/mol. The summed E-state index contributed by atoms with van der Waals surface area (Å²) in [7, 11) is 1.56. The molecule has 2 aromatic rings. The number of carbonyl (C=O) groups is 3. The average Bonchev–Trinajstić information content (AvgIpc) is 3.16. The second kappa shape index (κ2) is 7.76. The van der Waals surface area contributed by atoms with E-state index >= 15 is 0 Å². The maximum absolute atomic E-state index is 13.1. The first-order valence-corrected chi connectivity index (χ1v) is 9.63. The summed E-state index contributed by atoms with van der Waals surface area (Å²) in [4.78, 5) is 39.9. The van der Waals surface area contributed by atoms with Crippen LogP contribution >= 0.6 is 11.6 Å². The summed E-state index contributed by atoms with van der Waals surface area (Å²) < 4.78 is 5.12. The molecule has 4 rings (SSSR count). The number of hydrogen-bond acceptors (Lipinski definition) is 5. The van der Waals surface area contributed by atoms with Crippen molar-refractivity contribution in [1.82, 2.24) is 4.90 Å². The molecule has 3 amide bonds. The normalized spacial score (nSPS) is 19.1. The van der Waals surface area contributed by atoms with Crippen LogP contribution in [0.2, 0.25) is 0 Å². The molecule has 0 N–H and O–H groups in total. The lowest BCUT2D eigenvalue weighted by molar-refractivity contribution is -0.138. The summed E-state index contributed by atoms with van der Waals surface area (Å²) in [6.07, 6.45) is 0. The number of benzene rings is 2. The van der Waals surface area contributed by atoms with Gasteiger partial charge in [-0.05, 0) is 36.8 Å². The molecule has 2 aromatic carbocycles. The summed E-state index contributed by atoms with van der Waals surface area (Å²) in [6.45, 7) is 1.69. The van der Waals surface area contributed by atoms with Crippen LogP contribution in [-0.4, -0.2) is 35.4 Å². The van der Waals surface area contributed by atoms with Gasteiger partial charge in [0.2, 0.25) is 0 Å². The van der Waals surface area contributed by atoms with Crippen LogP contribution in [0.4, 0.5) is 5.69 Å². The van der Waals surface area contributed by atoms with E-state index in [1.54, 1.807) is 62.6 Å². The van der Waals surface area contributed by atoms with Crippen LogP contribution in [0.15, 0.2) is 70.3 Å². The molecule has 152 valence electrons. The minimum Gasteiger partial charge on any atom is -0.497 e. The number of hydrogen-bond donors (Lipinski definition) is 0. The van der Waals surface area contributed by atoms with Gasteiger partial charge in [-0.3, -0.25) is 19.3 Å². The molecule has 2 heterocycles. The zero-order chi connectivity index (χ0) is 21.4. The highest BCUT2D eigenvalue weighted by Gasteiger charge is 2.48. The maximum Gasteiger partial charge on any atom is 0.273 e. The van der Waals surface area contributed by atoms with Crippen molar-refractivity contribution >= 4 is 40.7 Å². The number of rotatable bonds is 5. The third kappa shape index (κ3) is 3.27. The molecule has 0 fully saturated rings. The van der Waals surface area contributed by atoms with Gasteiger partial charge in [-0.1, -0.05) is 41.9 Å². The van der Waals surface area contributed by atoms with Gasteiger partial charge in [0.1, 0.15) is 16.7 Å². The molecule has 2 aliphatic heterocycles. The third-order valence-corrected chi connectivity index (χ3v) is 5.43. The van der Waals surface area contributed by atoms with Crippen LogP contribution in [0, 0.1) is 5.92 Å². The lowest BCUT2D eigenvalue weighted by Crippen LogP contribution is -2.35. The predicted octanol–water partition coefficient (Wildman–Crippen LogP) is 3.10. The number of halogens is 1. The van der Waals surface area contributed by atoms with E-state index in [9.17, 15) is 14.4 Å². The van der Waals surface area contributed by atoms with Crippen LogP contribution < -0.4 is 9.75 Å². The topological polar surface area (TPSA) is 79.3 Å². The summed E-state index contributed by atoms with van der Waals surface area (Å²) in [5.74, 6) is -1.94. The van der Waals surface area contributed by atoms with E-state index < -0.39 is 23.6 Å². The molecule has 7 nitrogen and oxygen atoms in total. The summed E-state index contributed by atoms with van der Waals surface area (Å²) in [5.41, 5.74) is 1.69. The summed E-state index contributed by atoms with van der Waals surface area (Å²) in [5, 5.41) is 5.30. The zero-order valence-electron chi connectivity index (χ0n) is 16.3. The van der Waals surface area contributed by atoms with E-state index in [4.69, 9.17) is 16.3 Å². The van der Waals surface area contributed by atoms with Crippen LogP contribution in [0.3, 0.4) is 0 Å². The van der Waals surface area contributed by atoms with Gasteiger partial charge in [0, 0.05) is 0 Å². The monoisotopic (exact) mass is 423 g/mol. The number of anilines is 1. The first kappa shape index (κ1) is 19.8. The highest BCUT2D eigenvalue weighted by molar-refractivity contribution is 6.49. The van der Waals surface area contributed by atoms with Gasteiger partial charge in [-0.2, -0.15) is 10.1 Å². The molecule has 1 atom stereocenters. The third-order valence-electron chi connectivity index (χ3n) is 5.07. The fourth-order valence-electron chi connectivity index (χ4n) is 3.52. The molecule has 0 radical (unpaired) electrons. The van der Waals surface area contributed by atoms with Gasteiger partial charge >= 0.3 is 0 Å². The van der Waals surface area contributed by atoms with Crippen molar-refractivity contribution in [2.24, 2.45) is 11.0 Å².